The van der Waals surface area contributed by atoms with Gasteiger partial charge in [-0.3, -0.25) is 4.90 Å². The monoisotopic (exact) mass is 508 g/mol. The number of nitrogen functional groups attached to an aromatic ring is 1. The number of furan rings is 1. The van der Waals surface area contributed by atoms with Crippen molar-refractivity contribution in [3.8, 4) is 17.2 Å². The zero-order valence-electron chi connectivity index (χ0n) is 20.8. The lowest BCUT2D eigenvalue weighted by molar-refractivity contribution is 0.0536. The number of aromatic nitrogens is 4. The molecule has 0 amide bonds. The number of rotatable bonds is 10. The van der Waals surface area contributed by atoms with Crippen LogP contribution in [0.1, 0.15) is 0 Å². The number of aliphatic hydroxyl groups excluding tert-OH is 2. The van der Waals surface area contributed by atoms with Crippen LogP contribution in [0.25, 0.3) is 17.1 Å². The zero-order valence-corrected chi connectivity index (χ0v) is 20.8. The third-order valence-electron chi connectivity index (χ3n) is 6.43. The number of nitrogens with zero attached hydrogens (tertiary/aromatic N) is 7. The Kier molecular flexibility index (Phi) is 7.40. The van der Waals surface area contributed by atoms with Crippen LogP contribution in [0, 0.1) is 0 Å². The van der Waals surface area contributed by atoms with Crippen LogP contribution in [0.4, 0.5) is 17.6 Å². The van der Waals surface area contributed by atoms with E-state index < -0.39 is 6.10 Å². The largest absolute Gasteiger partial charge is 0.491 e. The summed E-state index contributed by atoms with van der Waals surface area (Å²) >= 11 is 0. The second-order valence-corrected chi connectivity index (χ2v) is 9.05. The molecular formula is C25H32N8O4. The average Bonchev–Trinajstić information content (AvgIpc) is 3.61. The molecule has 37 heavy (non-hydrogen) atoms. The molecule has 4 N–H and O–H groups in total. The van der Waals surface area contributed by atoms with E-state index in [9.17, 15) is 5.11 Å². The molecule has 1 fully saturated rings. The lowest BCUT2D eigenvalue weighted by Crippen LogP contribution is -2.48. The lowest BCUT2D eigenvalue weighted by Gasteiger charge is -2.36. The van der Waals surface area contributed by atoms with Gasteiger partial charge in [-0.15, -0.1) is 0 Å². The number of anilines is 3. The van der Waals surface area contributed by atoms with Gasteiger partial charge in [-0.25, -0.2) is 0 Å². The van der Waals surface area contributed by atoms with Crippen molar-refractivity contribution in [3.63, 3.8) is 0 Å². The first-order valence-electron chi connectivity index (χ1n) is 12.3. The highest BCUT2D eigenvalue weighted by Gasteiger charge is 2.19. The SMILES string of the molecule is CN(CCN1CCN(c2ccc(OCC(O)CO)cc2)CC1)c1nc(N)n2nc(-c3ccco3)cc2n1. The van der Waals surface area contributed by atoms with Gasteiger partial charge >= 0.3 is 0 Å². The molecule has 1 atom stereocenters. The Balaban J connectivity index is 1.12. The summed E-state index contributed by atoms with van der Waals surface area (Å²) in [5, 5.41) is 22.8. The van der Waals surface area contributed by atoms with Crippen LogP contribution < -0.4 is 20.3 Å². The van der Waals surface area contributed by atoms with E-state index in [1.54, 1.807) is 6.26 Å². The number of likely N-dealkylation sites (N-methyl/N-ethyl adjacent to an activating group) is 1. The molecule has 0 aliphatic carbocycles. The fourth-order valence-corrected chi connectivity index (χ4v) is 4.23. The Morgan fingerprint density at radius 1 is 1.14 bits per heavy atom. The molecule has 3 aromatic heterocycles. The van der Waals surface area contributed by atoms with Crippen molar-refractivity contribution in [3.05, 3.63) is 48.7 Å². The number of piperazine rings is 1. The fourth-order valence-electron chi connectivity index (χ4n) is 4.23. The Morgan fingerprint density at radius 3 is 2.62 bits per heavy atom. The van der Waals surface area contributed by atoms with Gasteiger partial charge < -0.3 is 34.9 Å². The normalized spacial score (nSPS) is 15.3. The van der Waals surface area contributed by atoms with Crippen LogP contribution in [0.2, 0.25) is 0 Å². The van der Waals surface area contributed by atoms with Gasteiger partial charge in [0.05, 0.1) is 12.9 Å². The van der Waals surface area contributed by atoms with Crippen LogP contribution in [0.3, 0.4) is 0 Å². The van der Waals surface area contributed by atoms with Gasteiger partial charge in [0.1, 0.15) is 24.2 Å². The molecule has 1 saturated heterocycles. The molecule has 1 aliphatic heterocycles. The van der Waals surface area contributed by atoms with Crippen LogP contribution in [-0.4, -0.2) is 100 Å². The summed E-state index contributed by atoms with van der Waals surface area (Å²) in [5.74, 6) is 2.16. The van der Waals surface area contributed by atoms with E-state index in [0.717, 1.165) is 45.0 Å². The number of benzene rings is 1. The minimum Gasteiger partial charge on any atom is -0.491 e. The molecule has 0 radical (unpaired) electrons. The quantitative estimate of drug-likeness (QED) is 0.282. The van der Waals surface area contributed by atoms with Crippen molar-refractivity contribution >= 4 is 23.2 Å². The standard InChI is InChI=1S/C25H32N8O4/c1-30(25-27-23-15-21(22-3-2-14-36-22)29-33(23)24(26)28-25)8-9-31-10-12-32(13-11-31)18-4-6-20(7-5-18)37-17-19(35)16-34/h2-7,14-15,19,34-35H,8-13,16-17H2,1H3,(H2,26,27,28). The molecule has 1 unspecified atom stereocenters. The molecule has 0 saturated carbocycles. The van der Waals surface area contributed by atoms with E-state index >= 15 is 0 Å². The molecule has 1 aromatic carbocycles. The van der Waals surface area contributed by atoms with Crippen molar-refractivity contribution in [2.24, 2.45) is 0 Å². The fraction of sp³-hybridized carbons (Fsp3) is 0.400. The second kappa shape index (κ2) is 11.0. The molecule has 4 aromatic rings. The first-order valence-corrected chi connectivity index (χ1v) is 12.3. The minimum absolute atomic E-state index is 0.0723. The molecule has 0 bridgehead atoms. The number of ether oxygens (including phenoxy) is 1. The van der Waals surface area contributed by atoms with Crippen molar-refractivity contribution in [2.45, 2.75) is 6.10 Å². The molecule has 4 heterocycles. The number of hydrogen-bond acceptors (Lipinski definition) is 11. The molecule has 0 spiro atoms. The topological polar surface area (TPSA) is 142 Å². The molecule has 5 rings (SSSR count). The van der Waals surface area contributed by atoms with Crippen LogP contribution in [0.5, 0.6) is 5.75 Å². The summed E-state index contributed by atoms with van der Waals surface area (Å²) in [5.41, 5.74) is 8.58. The van der Waals surface area contributed by atoms with Gasteiger partial charge in [0.15, 0.2) is 11.4 Å². The first kappa shape index (κ1) is 24.8. The van der Waals surface area contributed by atoms with E-state index in [1.165, 1.54) is 4.52 Å². The highest BCUT2D eigenvalue weighted by molar-refractivity contribution is 5.61. The Labute approximate surface area is 214 Å². The number of nitrogens with two attached hydrogens (primary N) is 1. The molecule has 196 valence electrons. The number of fused-ring (bicyclic) bond motifs is 1. The maximum atomic E-state index is 9.42. The average molecular weight is 509 g/mol. The van der Waals surface area contributed by atoms with Crippen LogP contribution in [0.15, 0.2) is 53.1 Å². The zero-order chi connectivity index (χ0) is 25.8. The van der Waals surface area contributed by atoms with Gasteiger partial charge in [0.25, 0.3) is 0 Å². The minimum atomic E-state index is -0.871. The maximum absolute atomic E-state index is 9.42. The summed E-state index contributed by atoms with van der Waals surface area (Å²) < 4.78 is 12.4. The number of hydrogen-bond donors (Lipinski definition) is 3. The Hall–Kier alpha value is -3.87. The molecule has 12 heteroatoms. The van der Waals surface area contributed by atoms with Gasteiger partial charge in [0.2, 0.25) is 11.9 Å². The van der Waals surface area contributed by atoms with E-state index in [2.05, 4.69) is 24.9 Å². The van der Waals surface area contributed by atoms with E-state index in [0.29, 0.717) is 28.8 Å². The van der Waals surface area contributed by atoms with Gasteiger partial charge in [-0.2, -0.15) is 19.6 Å². The third kappa shape index (κ3) is 5.77. The summed E-state index contributed by atoms with van der Waals surface area (Å²) in [7, 11) is 1.97. The Morgan fingerprint density at radius 2 is 1.92 bits per heavy atom. The van der Waals surface area contributed by atoms with Gasteiger partial charge in [0, 0.05) is 58.1 Å². The molecular weight excluding hydrogens is 476 g/mol. The highest BCUT2D eigenvalue weighted by atomic mass is 16.5. The van der Waals surface area contributed by atoms with E-state index in [-0.39, 0.29) is 19.2 Å². The predicted octanol–water partition coefficient (Wildman–Crippen LogP) is 0.957. The van der Waals surface area contributed by atoms with Crippen molar-refractivity contribution < 1.29 is 19.4 Å². The first-order chi connectivity index (χ1) is 18.0. The van der Waals surface area contributed by atoms with Crippen molar-refractivity contribution in [1.82, 2.24) is 24.5 Å². The lowest BCUT2D eigenvalue weighted by atomic mass is 10.2. The summed E-state index contributed by atoms with van der Waals surface area (Å²) in [6.07, 6.45) is 0.734. The van der Waals surface area contributed by atoms with Crippen molar-refractivity contribution in [1.29, 1.82) is 0 Å². The summed E-state index contributed by atoms with van der Waals surface area (Å²) in [6.45, 7) is 5.16. The smallest absolute Gasteiger partial charge is 0.230 e. The third-order valence-corrected chi connectivity index (χ3v) is 6.43. The van der Waals surface area contributed by atoms with E-state index in [4.69, 9.17) is 20.0 Å². The maximum Gasteiger partial charge on any atom is 0.230 e. The van der Waals surface area contributed by atoms with Crippen molar-refractivity contribution in [2.75, 3.05) is 75.1 Å². The second-order valence-electron chi connectivity index (χ2n) is 9.05. The van der Waals surface area contributed by atoms with Crippen LogP contribution in [-0.2, 0) is 0 Å². The summed E-state index contributed by atoms with van der Waals surface area (Å²) in [6, 6.07) is 13.3. The molecule has 1 aliphatic rings. The number of aliphatic hydroxyl groups is 2. The van der Waals surface area contributed by atoms with Gasteiger partial charge in [-0.1, -0.05) is 0 Å². The van der Waals surface area contributed by atoms with Gasteiger partial charge in [-0.05, 0) is 36.4 Å². The highest BCUT2D eigenvalue weighted by Crippen LogP contribution is 2.23. The predicted molar refractivity (Wildman–Crippen MR) is 140 cm³/mol. The van der Waals surface area contributed by atoms with Crippen LogP contribution >= 0.6 is 0 Å². The van der Waals surface area contributed by atoms with E-state index in [1.807, 2.05) is 54.4 Å². The Bertz CT molecular complexity index is 1290. The summed E-state index contributed by atoms with van der Waals surface area (Å²) in [4.78, 5) is 15.9. The molecule has 12 nitrogen and oxygen atoms in total.